The van der Waals surface area contributed by atoms with Gasteiger partial charge in [0.15, 0.2) is 11.5 Å². The van der Waals surface area contributed by atoms with Gasteiger partial charge in [-0.2, -0.15) is 8.78 Å². The first kappa shape index (κ1) is 21.3. The van der Waals surface area contributed by atoms with Gasteiger partial charge >= 0.3 is 12.6 Å². The van der Waals surface area contributed by atoms with Crippen molar-refractivity contribution in [1.29, 1.82) is 0 Å². The van der Waals surface area contributed by atoms with Gasteiger partial charge in [0.25, 0.3) is 0 Å². The van der Waals surface area contributed by atoms with Gasteiger partial charge in [0.1, 0.15) is 12.6 Å². The molecule has 3 rings (SSSR count). The van der Waals surface area contributed by atoms with Crippen LogP contribution in [0.15, 0.2) is 54.6 Å². The van der Waals surface area contributed by atoms with Crippen molar-refractivity contribution in [1.82, 2.24) is 4.90 Å². The maximum atomic E-state index is 12.8. The molecule has 1 amide bonds. The van der Waals surface area contributed by atoms with E-state index in [1.807, 2.05) is 30.3 Å². The van der Waals surface area contributed by atoms with Gasteiger partial charge in [0.2, 0.25) is 5.91 Å². The molecule has 6 nitrogen and oxygen atoms in total. The molecule has 1 atom stereocenters. The van der Waals surface area contributed by atoms with E-state index in [1.54, 1.807) is 18.2 Å². The van der Waals surface area contributed by atoms with Crippen LogP contribution in [-0.2, 0) is 20.9 Å². The Morgan fingerprint density at radius 1 is 1.13 bits per heavy atom. The van der Waals surface area contributed by atoms with Crippen LogP contribution in [-0.4, -0.2) is 43.1 Å². The number of carbonyl (C=O) groups is 2. The molecule has 30 heavy (non-hydrogen) atoms. The Morgan fingerprint density at radius 2 is 1.87 bits per heavy atom. The summed E-state index contributed by atoms with van der Waals surface area (Å²) in [5.74, 6) is -0.807. The molecule has 8 heteroatoms. The van der Waals surface area contributed by atoms with E-state index in [4.69, 9.17) is 9.47 Å². The summed E-state index contributed by atoms with van der Waals surface area (Å²) < 4.78 is 40.7. The summed E-state index contributed by atoms with van der Waals surface area (Å²) in [4.78, 5) is 25.3. The molecule has 158 valence electrons. The van der Waals surface area contributed by atoms with E-state index in [2.05, 4.69) is 4.74 Å². The van der Waals surface area contributed by atoms with Gasteiger partial charge < -0.3 is 19.1 Å². The number of methoxy groups -OCH3 is 1. The highest BCUT2D eigenvalue weighted by Gasteiger charge is 2.33. The predicted molar refractivity (Wildman–Crippen MR) is 105 cm³/mol. The van der Waals surface area contributed by atoms with Gasteiger partial charge in [0.05, 0.1) is 7.11 Å². The van der Waals surface area contributed by atoms with Crippen molar-refractivity contribution in [2.24, 2.45) is 0 Å². The molecule has 1 aliphatic heterocycles. The fourth-order valence-electron chi connectivity index (χ4n) is 3.18. The molecule has 0 spiro atoms. The molecule has 0 unspecified atom stereocenters. The van der Waals surface area contributed by atoms with E-state index in [0.717, 1.165) is 5.56 Å². The Bertz CT molecular complexity index is 946. The highest BCUT2D eigenvalue weighted by molar-refractivity contribution is 5.91. The Labute approximate surface area is 172 Å². The Morgan fingerprint density at radius 3 is 2.50 bits per heavy atom. The second kappa shape index (κ2) is 9.39. The third-order valence-electron chi connectivity index (χ3n) is 4.65. The molecule has 0 saturated carbocycles. The lowest BCUT2D eigenvalue weighted by molar-refractivity contribution is -0.148. The molecular formula is C22H21F2NO5. The quantitative estimate of drug-likeness (QED) is 0.644. The van der Waals surface area contributed by atoms with Crippen LogP contribution in [0.1, 0.15) is 18.1 Å². The highest BCUT2D eigenvalue weighted by Crippen LogP contribution is 2.35. The van der Waals surface area contributed by atoms with E-state index in [0.29, 0.717) is 11.1 Å². The Balaban J connectivity index is 1.89. The predicted octanol–water partition coefficient (Wildman–Crippen LogP) is 3.65. The van der Waals surface area contributed by atoms with Crippen LogP contribution in [0.5, 0.6) is 11.5 Å². The van der Waals surface area contributed by atoms with E-state index >= 15 is 0 Å². The first-order chi connectivity index (χ1) is 14.4. The Kier molecular flexibility index (Phi) is 6.66. The smallest absolute Gasteiger partial charge is 0.387 e. The second-order valence-electron chi connectivity index (χ2n) is 6.62. The lowest BCUT2D eigenvalue weighted by Gasteiger charge is -2.21. The van der Waals surface area contributed by atoms with Crippen molar-refractivity contribution < 1.29 is 32.6 Å². The SMILES string of the molecule is COC(=O)[C@H]1C=C(c2ccc(OC(F)F)c(OCc3ccccc3)c2)CN1C(C)=O. The minimum atomic E-state index is -3.00. The zero-order chi connectivity index (χ0) is 21.7. The monoisotopic (exact) mass is 417 g/mol. The van der Waals surface area contributed by atoms with Gasteiger partial charge in [-0.05, 0) is 34.9 Å². The molecular weight excluding hydrogens is 396 g/mol. The van der Waals surface area contributed by atoms with E-state index in [-0.39, 0.29) is 30.6 Å². The zero-order valence-corrected chi connectivity index (χ0v) is 16.5. The summed E-state index contributed by atoms with van der Waals surface area (Å²) in [5, 5.41) is 0. The van der Waals surface area contributed by atoms with Crippen LogP contribution in [0.3, 0.4) is 0 Å². The number of alkyl halides is 2. The molecule has 0 bridgehead atoms. The molecule has 0 aromatic heterocycles. The van der Waals surface area contributed by atoms with Gasteiger partial charge in [-0.25, -0.2) is 4.79 Å². The molecule has 1 aliphatic rings. The minimum Gasteiger partial charge on any atom is -0.485 e. The summed E-state index contributed by atoms with van der Waals surface area (Å²) in [5.41, 5.74) is 2.16. The minimum absolute atomic E-state index is 0.101. The fourth-order valence-corrected chi connectivity index (χ4v) is 3.18. The number of ether oxygens (including phenoxy) is 3. The van der Waals surface area contributed by atoms with Crippen LogP contribution in [0.2, 0.25) is 0 Å². The third-order valence-corrected chi connectivity index (χ3v) is 4.65. The maximum absolute atomic E-state index is 12.8. The molecule has 2 aromatic rings. The van der Waals surface area contributed by atoms with Gasteiger partial charge in [0, 0.05) is 13.5 Å². The topological polar surface area (TPSA) is 65.1 Å². The number of benzene rings is 2. The molecule has 0 aliphatic carbocycles. The number of rotatable bonds is 7. The summed E-state index contributed by atoms with van der Waals surface area (Å²) in [6.45, 7) is -1.30. The first-order valence-electron chi connectivity index (χ1n) is 9.20. The van der Waals surface area contributed by atoms with Crippen molar-refractivity contribution in [3.63, 3.8) is 0 Å². The van der Waals surface area contributed by atoms with Gasteiger partial charge in [-0.3, -0.25) is 4.79 Å². The van der Waals surface area contributed by atoms with Crippen LogP contribution >= 0.6 is 0 Å². The largest absolute Gasteiger partial charge is 0.485 e. The van der Waals surface area contributed by atoms with Crippen molar-refractivity contribution in [2.75, 3.05) is 13.7 Å². The zero-order valence-electron chi connectivity index (χ0n) is 16.5. The third kappa shape index (κ3) is 4.94. The molecule has 0 fully saturated rings. The number of carbonyl (C=O) groups excluding carboxylic acids is 2. The Hall–Kier alpha value is -3.42. The highest BCUT2D eigenvalue weighted by atomic mass is 19.3. The average molecular weight is 417 g/mol. The van der Waals surface area contributed by atoms with E-state index < -0.39 is 18.6 Å². The standard InChI is InChI=1S/C22H21F2NO5/c1-14(26)25-12-17(10-18(25)21(27)28-2)16-8-9-19(30-22(23)24)20(11-16)29-13-15-6-4-3-5-7-15/h3-11,18,22H,12-13H2,1-2H3/t18-/m1/s1. The number of amides is 1. The second-order valence-corrected chi connectivity index (χ2v) is 6.62. The van der Waals surface area contributed by atoms with Crippen LogP contribution in [0.25, 0.3) is 5.57 Å². The average Bonchev–Trinajstić information content (AvgIpc) is 3.18. The lowest BCUT2D eigenvalue weighted by atomic mass is 10.1. The van der Waals surface area contributed by atoms with Gasteiger partial charge in [-0.1, -0.05) is 36.4 Å². The molecule has 1 heterocycles. The number of halogens is 2. The number of hydrogen-bond acceptors (Lipinski definition) is 5. The summed E-state index contributed by atoms with van der Waals surface area (Å²) in [7, 11) is 1.25. The molecule has 2 aromatic carbocycles. The van der Waals surface area contributed by atoms with Crippen LogP contribution < -0.4 is 9.47 Å². The van der Waals surface area contributed by atoms with Crippen molar-refractivity contribution >= 4 is 17.4 Å². The normalized spacial score (nSPS) is 15.7. The lowest BCUT2D eigenvalue weighted by Crippen LogP contribution is -2.40. The number of hydrogen-bond donors (Lipinski definition) is 0. The van der Waals surface area contributed by atoms with Crippen LogP contribution in [0.4, 0.5) is 8.78 Å². The summed E-state index contributed by atoms with van der Waals surface area (Å²) in [6.07, 6.45) is 1.62. The van der Waals surface area contributed by atoms with E-state index in [1.165, 1.54) is 25.0 Å². The molecule has 0 N–H and O–H groups in total. The van der Waals surface area contributed by atoms with Crippen LogP contribution in [0, 0.1) is 0 Å². The molecule has 0 radical (unpaired) electrons. The number of esters is 1. The summed E-state index contributed by atoms with van der Waals surface area (Å²) in [6, 6.07) is 12.9. The first-order valence-corrected chi connectivity index (χ1v) is 9.20. The maximum Gasteiger partial charge on any atom is 0.387 e. The summed E-state index contributed by atoms with van der Waals surface area (Å²) >= 11 is 0. The van der Waals surface area contributed by atoms with Crippen molar-refractivity contribution in [3.8, 4) is 11.5 Å². The van der Waals surface area contributed by atoms with Gasteiger partial charge in [-0.15, -0.1) is 0 Å². The fraction of sp³-hybridized carbons (Fsp3) is 0.273. The van der Waals surface area contributed by atoms with E-state index in [9.17, 15) is 18.4 Å². The molecule has 0 saturated heterocycles. The van der Waals surface area contributed by atoms with Crippen molar-refractivity contribution in [3.05, 3.63) is 65.7 Å². The van der Waals surface area contributed by atoms with Crippen molar-refractivity contribution in [2.45, 2.75) is 26.2 Å². The number of nitrogens with zero attached hydrogens (tertiary/aromatic N) is 1.